The molecule has 0 N–H and O–H groups in total. The van der Waals surface area contributed by atoms with E-state index in [0.29, 0.717) is 5.56 Å². The van der Waals surface area contributed by atoms with Crippen LogP contribution < -0.4 is 0 Å². The lowest BCUT2D eigenvalue weighted by Crippen LogP contribution is -2.29. The smallest absolute Gasteiger partial charge is 0.339 e. The number of hydrogen-bond acceptors (Lipinski definition) is 2. The molecule has 2 nitrogen and oxygen atoms in total. The van der Waals surface area contributed by atoms with E-state index in [0.717, 1.165) is 22.3 Å². The Kier molecular flexibility index (Phi) is 5.56. The number of rotatable bonds is 5. The molecule has 0 aliphatic heterocycles. The number of ether oxygens (including phenoxy) is 1. The molecule has 2 aromatic rings. The summed E-state index contributed by atoms with van der Waals surface area (Å²) in [6.07, 6.45) is 3.53. The summed E-state index contributed by atoms with van der Waals surface area (Å²) in [6.45, 7) is 17.7. The molecular weight excluding hydrogens is 320 g/mol. The molecule has 0 saturated carbocycles. The van der Waals surface area contributed by atoms with Crippen LogP contribution in [0, 0.1) is 0 Å². The van der Waals surface area contributed by atoms with Crippen molar-refractivity contribution in [3.8, 4) is 0 Å². The molecule has 0 fully saturated rings. The van der Waals surface area contributed by atoms with E-state index in [9.17, 15) is 4.79 Å². The number of benzene rings is 2. The highest BCUT2D eigenvalue weighted by Crippen LogP contribution is 2.38. The molecule has 0 aromatic heterocycles. The number of carbonyl (C=O) groups excluding carboxylic acids is 1. The molecule has 0 spiro atoms. The standard InChI is InChI=1S/C24H28O2/c1-8-17-15-18(9-2)21(20(16-17)22(25)26-23(3,4)5)24(6,7)19-13-11-10-12-14-19/h8-16H,1-2H2,3-7H3. The van der Waals surface area contributed by atoms with Gasteiger partial charge >= 0.3 is 5.97 Å². The van der Waals surface area contributed by atoms with Gasteiger partial charge in [0.1, 0.15) is 5.60 Å². The normalized spacial score (nSPS) is 11.7. The Bertz CT molecular complexity index is 821. The fourth-order valence-corrected chi connectivity index (χ4v) is 3.16. The summed E-state index contributed by atoms with van der Waals surface area (Å²) in [4.78, 5) is 13.0. The van der Waals surface area contributed by atoms with E-state index in [4.69, 9.17) is 4.74 Å². The average Bonchev–Trinajstić information content (AvgIpc) is 2.59. The lowest BCUT2D eigenvalue weighted by atomic mass is 9.73. The summed E-state index contributed by atoms with van der Waals surface area (Å²) in [5.74, 6) is -0.330. The van der Waals surface area contributed by atoms with Gasteiger partial charge in [-0.2, -0.15) is 0 Å². The van der Waals surface area contributed by atoms with Crippen molar-refractivity contribution in [2.24, 2.45) is 0 Å². The molecule has 0 atom stereocenters. The largest absolute Gasteiger partial charge is 0.456 e. The van der Waals surface area contributed by atoms with Crippen LogP contribution in [-0.4, -0.2) is 11.6 Å². The van der Waals surface area contributed by atoms with Crippen molar-refractivity contribution < 1.29 is 9.53 Å². The highest BCUT2D eigenvalue weighted by atomic mass is 16.6. The Morgan fingerprint density at radius 1 is 0.962 bits per heavy atom. The summed E-state index contributed by atoms with van der Waals surface area (Å²) in [5.41, 5.74) is 3.42. The Hall–Kier alpha value is -2.61. The van der Waals surface area contributed by atoms with E-state index in [1.807, 2.05) is 51.1 Å². The Labute approximate surface area is 157 Å². The minimum absolute atomic E-state index is 0.330. The molecule has 0 amide bonds. The van der Waals surface area contributed by atoms with Crippen molar-refractivity contribution in [3.63, 3.8) is 0 Å². The first-order valence-electron chi connectivity index (χ1n) is 8.82. The molecule has 26 heavy (non-hydrogen) atoms. The summed E-state index contributed by atoms with van der Waals surface area (Å²) in [5, 5.41) is 0. The van der Waals surface area contributed by atoms with E-state index in [-0.39, 0.29) is 5.97 Å². The van der Waals surface area contributed by atoms with Gasteiger partial charge in [0.2, 0.25) is 0 Å². The predicted molar refractivity (Wildman–Crippen MR) is 110 cm³/mol. The van der Waals surface area contributed by atoms with Gasteiger partial charge in [-0.25, -0.2) is 4.79 Å². The molecule has 136 valence electrons. The van der Waals surface area contributed by atoms with E-state index < -0.39 is 11.0 Å². The first kappa shape index (κ1) is 19.7. The SMILES string of the molecule is C=Cc1cc(C=C)c(C(C)(C)c2ccccc2)c(C(=O)OC(C)(C)C)c1. The van der Waals surface area contributed by atoms with Gasteiger partial charge < -0.3 is 4.74 Å². The van der Waals surface area contributed by atoms with Crippen molar-refractivity contribution in [2.45, 2.75) is 45.6 Å². The molecule has 2 heteroatoms. The fourth-order valence-electron chi connectivity index (χ4n) is 3.16. The van der Waals surface area contributed by atoms with Crippen molar-refractivity contribution in [3.05, 3.63) is 83.4 Å². The molecule has 0 unspecified atom stereocenters. The van der Waals surface area contributed by atoms with Gasteiger partial charge in [0, 0.05) is 5.41 Å². The van der Waals surface area contributed by atoms with Gasteiger partial charge in [-0.15, -0.1) is 0 Å². The topological polar surface area (TPSA) is 26.3 Å². The van der Waals surface area contributed by atoms with E-state index in [1.165, 1.54) is 0 Å². The second-order valence-corrected chi connectivity index (χ2v) is 7.93. The third-order valence-corrected chi connectivity index (χ3v) is 4.39. The summed E-state index contributed by atoms with van der Waals surface area (Å²) >= 11 is 0. The van der Waals surface area contributed by atoms with Crippen LogP contribution in [0.25, 0.3) is 12.2 Å². The molecule has 0 radical (unpaired) electrons. The van der Waals surface area contributed by atoms with Crippen LogP contribution in [0.15, 0.2) is 55.6 Å². The van der Waals surface area contributed by atoms with Crippen LogP contribution in [0.1, 0.15) is 67.2 Å². The molecule has 0 heterocycles. The molecule has 2 aromatic carbocycles. The number of carbonyl (C=O) groups is 1. The molecule has 0 aliphatic carbocycles. The van der Waals surface area contributed by atoms with Crippen molar-refractivity contribution in [2.75, 3.05) is 0 Å². The second kappa shape index (κ2) is 7.33. The molecular formula is C24H28O2. The van der Waals surface area contributed by atoms with Gasteiger partial charge in [-0.1, -0.05) is 69.5 Å². The highest BCUT2D eigenvalue weighted by Gasteiger charge is 2.32. The van der Waals surface area contributed by atoms with Gasteiger partial charge in [-0.3, -0.25) is 0 Å². The molecule has 0 bridgehead atoms. The van der Waals surface area contributed by atoms with E-state index in [1.54, 1.807) is 12.2 Å². The maximum atomic E-state index is 13.0. The minimum Gasteiger partial charge on any atom is -0.456 e. The highest BCUT2D eigenvalue weighted by molar-refractivity contribution is 5.94. The summed E-state index contributed by atoms with van der Waals surface area (Å²) in [6, 6.07) is 14.0. The van der Waals surface area contributed by atoms with Crippen LogP contribution in [0.4, 0.5) is 0 Å². The zero-order valence-corrected chi connectivity index (χ0v) is 16.4. The lowest BCUT2D eigenvalue weighted by Gasteiger charge is -2.31. The van der Waals surface area contributed by atoms with Crippen LogP contribution in [0.3, 0.4) is 0 Å². The quantitative estimate of drug-likeness (QED) is 0.597. The Morgan fingerprint density at radius 2 is 1.58 bits per heavy atom. The summed E-state index contributed by atoms with van der Waals surface area (Å²) in [7, 11) is 0. The van der Waals surface area contributed by atoms with Crippen molar-refractivity contribution in [1.29, 1.82) is 0 Å². The Morgan fingerprint density at radius 3 is 2.08 bits per heavy atom. The maximum absolute atomic E-state index is 13.0. The van der Waals surface area contributed by atoms with Gasteiger partial charge in [0.05, 0.1) is 5.56 Å². The van der Waals surface area contributed by atoms with E-state index in [2.05, 4.69) is 39.1 Å². The number of hydrogen-bond donors (Lipinski definition) is 0. The first-order chi connectivity index (χ1) is 12.1. The van der Waals surface area contributed by atoms with Crippen molar-refractivity contribution in [1.82, 2.24) is 0 Å². The van der Waals surface area contributed by atoms with Gasteiger partial charge in [0.15, 0.2) is 0 Å². The zero-order valence-electron chi connectivity index (χ0n) is 16.4. The van der Waals surface area contributed by atoms with Gasteiger partial charge in [-0.05, 0) is 55.2 Å². The molecule has 0 saturated heterocycles. The van der Waals surface area contributed by atoms with E-state index >= 15 is 0 Å². The number of esters is 1. The lowest BCUT2D eigenvalue weighted by molar-refractivity contribution is 0.00671. The van der Waals surface area contributed by atoms with Crippen LogP contribution in [-0.2, 0) is 10.2 Å². The minimum atomic E-state index is -0.566. The zero-order chi connectivity index (χ0) is 19.5. The predicted octanol–water partition coefficient (Wildman–Crippen LogP) is 6.25. The monoisotopic (exact) mass is 348 g/mol. The van der Waals surface area contributed by atoms with Crippen LogP contribution >= 0.6 is 0 Å². The third-order valence-electron chi connectivity index (χ3n) is 4.39. The van der Waals surface area contributed by atoms with Crippen LogP contribution in [0.5, 0.6) is 0 Å². The van der Waals surface area contributed by atoms with Crippen molar-refractivity contribution >= 4 is 18.1 Å². The average molecular weight is 348 g/mol. The third kappa shape index (κ3) is 4.13. The molecule has 2 rings (SSSR count). The summed E-state index contributed by atoms with van der Waals surface area (Å²) < 4.78 is 5.69. The fraction of sp³-hybridized carbons (Fsp3) is 0.292. The molecule has 0 aliphatic rings. The first-order valence-corrected chi connectivity index (χ1v) is 8.82. The Balaban J connectivity index is 2.76. The van der Waals surface area contributed by atoms with Crippen LogP contribution in [0.2, 0.25) is 0 Å². The second-order valence-electron chi connectivity index (χ2n) is 7.93. The maximum Gasteiger partial charge on any atom is 0.339 e. The van der Waals surface area contributed by atoms with Gasteiger partial charge in [0.25, 0.3) is 0 Å².